The second-order valence-electron chi connectivity index (χ2n) is 29.0. The first-order valence-electron chi connectivity index (χ1n) is 43.4. The number of ether oxygens (including phenoxy) is 3. The molecule has 0 radical (unpaired) electrons. The number of hydrogen-bond donors (Lipinski definition) is 7. The summed E-state index contributed by atoms with van der Waals surface area (Å²) in [6.07, 6.45) is 1.02. The number of nitrogens with one attached hydrogen (secondary N) is 2. The van der Waals surface area contributed by atoms with Crippen molar-refractivity contribution < 1.29 is 100 Å². The molecule has 0 aliphatic rings. The van der Waals surface area contributed by atoms with Gasteiger partial charge in [-0.25, -0.2) is 28.8 Å². The number of amides is 2. The summed E-state index contributed by atoms with van der Waals surface area (Å²) in [6.45, 7) is 18.8. The summed E-state index contributed by atoms with van der Waals surface area (Å²) in [6, 6.07) is 73.9. The fourth-order valence-electron chi connectivity index (χ4n) is 13.0. The largest absolute Gasteiger partial charge is 0.489 e. The maximum absolute atomic E-state index is 12.2. The number of benzene rings is 8. The molecule has 0 saturated heterocycles. The van der Waals surface area contributed by atoms with Crippen molar-refractivity contribution in [2.75, 3.05) is 6.61 Å². The van der Waals surface area contributed by atoms with Crippen molar-refractivity contribution in [2.24, 2.45) is 4.99 Å². The number of carboxylic acids is 2. The van der Waals surface area contributed by atoms with E-state index in [2.05, 4.69) is 72.9 Å². The van der Waals surface area contributed by atoms with Gasteiger partial charge in [-0.3, -0.25) is 9.59 Å². The van der Waals surface area contributed by atoms with Gasteiger partial charge in [0.2, 0.25) is 17.6 Å². The van der Waals surface area contributed by atoms with Crippen LogP contribution in [-0.4, -0.2) is 105 Å². The smallest absolute Gasteiger partial charge is 0.480 e. The number of isocyanates is 1. The molecule has 7 N–H and O–H groups in total. The number of furan rings is 5. The molecule has 0 bridgehead atoms. The van der Waals surface area contributed by atoms with E-state index in [0.717, 1.165) is 93.7 Å². The van der Waals surface area contributed by atoms with Crippen LogP contribution in [-0.2, 0) is 72.5 Å². The number of Topliss-reactive ketones (excluding diaryl/α,β-unsaturated/α-hetero) is 2. The lowest BCUT2D eigenvalue weighted by Crippen LogP contribution is -2.42. The molecule has 18 rings (SSSR count). The molecule has 702 valence electrons. The predicted molar refractivity (Wildman–Crippen MR) is 542 cm³/mol. The lowest BCUT2D eigenvalue weighted by molar-refractivity contribution is -0.139. The zero-order valence-electron chi connectivity index (χ0n) is 76.4. The third-order valence-corrected chi connectivity index (χ3v) is 23.0. The van der Waals surface area contributed by atoms with E-state index in [1.165, 1.54) is 42.4 Å². The molecule has 136 heavy (non-hydrogen) atoms. The summed E-state index contributed by atoms with van der Waals surface area (Å²) >= 11 is 8.05. The Morgan fingerprint density at radius 1 is 0.404 bits per heavy atom. The number of aliphatic hydroxyl groups is 1. The van der Waals surface area contributed by atoms with E-state index in [1.807, 2.05) is 253 Å². The summed E-state index contributed by atoms with van der Waals surface area (Å²) < 4.78 is 42.8. The number of esters is 1. The third kappa shape index (κ3) is 32.5. The average molecular weight is 1930 g/mol. The van der Waals surface area contributed by atoms with E-state index in [-0.39, 0.29) is 49.3 Å². The Labute approximate surface area is 806 Å². The van der Waals surface area contributed by atoms with Crippen LogP contribution in [0.5, 0.6) is 0 Å². The Morgan fingerprint density at radius 3 is 1.12 bits per heavy atom. The number of carbonyl (C=O) groups excluding carboxylic acids is 6. The Kier molecular flexibility index (Phi) is 42.8. The molecule has 0 aliphatic carbocycles. The molecule has 0 saturated carbocycles. The number of aromatic carboxylic acids is 1. The van der Waals surface area contributed by atoms with Crippen LogP contribution in [0.3, 0.4) is 0 Å². The van der Waals surface area contributed by atoms with Gasteiger partial charge in [-0.2, -0.15) is 61.7 Å². The molecule has 10 heterocycles. The standard InChI is InChI=1S/C24H21NO4S.C23H19NO5S.C13H8O3S.C13H10O2S.C12H12O3.C11H11NO2.C4H5BO2S.3C2H6/c1-16(26)22(11-17-5-3-2-4-6-17)25-24(27)28-14-21-13-20-12-18(7-8-23(20)29-21)19-9-10-30-15-19;25-22(26)20(10-15-4-2-1-3-5-15)24-23(27)28-13-19-12-18-11-16(6-7-21(18)29-19)17-8-9-30-14-17;14-13(15)12-6-10-5-8(1-2-11(10)16-12)9-3-4-17-7-9;14-7-12-6-11-5-9(1-2-13(11)15-12)10-3-4-16-8-10;1-3-14-12(13)11-7-9-6-8(2)4-5-10(9)15-11;1-9(14)11(12-8-13)7-10-5-3-2-4-6-10;6-5(7)4-1-2-8-3-4;3*1-2/h2-10,12-13,15,22H,11,14H2,1H3,(H,25,27);1-9,11-12,14,20H,10,13H2,(H,24,27)(H,25,26);1-7H,(H,14,15);1-6,8,14H,7H2;4-7H,3H2,1-2H3;2-6,11H,7H2,1H3;1-3,6-7H;3*1-2H3. The SMILES string of the molecule is CC.CC.CC.CC(=O)C(Cc1ccccc1)N=C=O.CC(=O)C(Cc1ccccc1)NC(=O)OCc1cc2cc(-c3ccsc3)ccc2o1.CCOC(=O)c1cc2cc(C)ccc2o1.O=C(NC(Cc1ccccc1)C(=O)O)OCc1cc2cc(-c3ccsc3)ccc2o1.O=C(O)c1cc2cc(-c3ccsc3)ccc2o1.OB(O)c1ccsc1.OCc1cc2cc(-c3ccsc3)ccc2o1. The molecule has 2 amide bonds. The van der Waals surface area contributed by atoms with Crippen molar-refractivity contribution in [3.63, 3.8) is 0 Å². The summed E-state index contributed by atoms with van der Waals surface area (Å²) in [7, 11) is -1.30. The molecule has 0 aliphatic heterocycles. The first-order valence-corrected chi connectivity index (χ1v) is 48.1. The Balaban J connectivity index is 0.000000182. The van der Waals surface area contributed by atoms with Crippen LogP contribution in [0.25, 0.3) is 99.4 Å². The van der Waals surface area contributed by atoms with E-state index >= 15 is 0 Å². The second kappa shape index (κ2) is 55.3. The first kappa shape index (κ1) is 105. The number of fused-ring (bicyclic) bond motifs is 5. The minimum absolute atomic E-state index is 0.00966. The third-order valence-electron chi connectivity index (χ3n) is 19.6. The van der Waals surface area contributed by atoms with Crippen molar-refractivity contribution in [1.82, 2.24) is 10.6 Å². The van der Waals surface area contributed by atoms with E-state index in [0.29, 0.717) is 58.9 Å². The minimum Gasteiger partial charge on any atom is -0.480 e. The fraction of sp³-hybridized carbons (Fsp3) is 0.189. The van der Waals surface area contributed by atoms with Crippen molar-refractivity contribution in [2.45, 2.75) is 126 Å². The highest BCUT2D eigenvalue weighted by atomic mass is 32.1. The quantitative estimate of drug-likeness (QED) is 0.00918. The van der Waals surface area contributed by atoms with Gasteiger partial charge in [-0.05, 0) is 270 Å². The van der Waals surface area contributed by atoms with Gasteiger partial charge in [0, 0.05) is 39.8 Å². The van der Waals surface area contributed by atoms with Gasteiger partial charge < -0.3 is 72.3 Å². The molecule has 3 unspecified atom stereocenters. The van der Waals surface area contributed by atoms with Gasteiger partial charge in [-0.1, -0.05) is 174 Å². The van der Waals surface area contributed by atoms with E-state index in [4.69, 9.17) is 56.6 Å². The van der Waals surface area contributed by atoms with E-state index < -0.39 is 55.3 Å². The maximum Gasteiger partial charge on any atom is 0.489 e. The molecule has 18 aromatic rings. The van der Waals surface area contributed by atoms with Gasteiger partial charge in [-0.15, -0.1) is 0 Å². The van der Waals surface area contributed by atoms with Crippen LogP contribution in [0.4, 0.5) is 9.59 Å². The maximum atomic E-state index is 12.2. The molecule has 24 nitrogen and oxygen atoms in total. The van der Waals surface area contributed by atoms with E-state index in [9.17, 15) is 43.5 Å². The van der Waals surface area contributed by atoms with Gasteiger partial charge in [0.05, 0.1) is 12.6 Å². The summed E-state index contributed by atoms with van der Waals surface area (Å²) in [5, 5.41) is 73.8. The van der Waals surface area contributed by atoms with Crippen LogP contribution in [0, 0.1) is 6.92 Å². The van der Waals surface area contributed by atoms with Gasteiger partial charge >= 0.3 is 37.2 Å². The number of hydrogen-bond acceptors (Lipinski definition) is 25. The minimum atomic E-state index is -1.30. The summed E-state index contributed by atoms with van der Waals surface area (Å²) in [5.74, 6) is -0.942. The normalized spacial score (nSPS) is 10.9. The van der Waals surface area contributed by atoms with Crippen LogP contribution in [0.2, 0.25) is 0 Å². The predicted octanol–water partition coefficient (Wildman–Crippen LogP) is 25.1. The number of thiophene rings is 5. The summed E-state index contributed by atoms with van der Waals surface area (Å²) in [4.78, 5) is 94.5. The number of aryl methyl sites for hydroxylation is 1. The van der Waals surface area contributed by atoms with Crippen molar-refractivity contribution in [1.29, 1.82) is 0 Å². The van der Waals surface area contributed by atoms with Crippen LogP contribution >= 0.6 is 56.7 Å². The Hall–Kier alpha value is -14.4. The van der Waals surface area contributed by atoms with Crippen molar-refractivity contribution >= 4 is 172 Å². The Morgan fingerprint density at radius 2 is 0.765 bits per heavy atom. The lowest BCUT2D eigenvalue weighted by Gasteiger charge is -2.15. The average Bonchev–Trinajstić information content (AvgIpc) is 1.64. The highest BCUT2D eigenvalue weighted by molar-refractivity contribution is 7.09. The number of nitrogens with zero attached hydrogens (tertiary/aromatic N) is 1. The molecule has 8 aromatic carbocycles. The van der Waals surface area contributed by atoms with Gasteiger partial charge in [0.25, 0.3) is 0 Å². The number of aliphatic carboxylic acids is 1. The van der Waals surface area contributed by atoms with E-state index in [1.54, 1.807) is 87.3 Å². The topological polar surface area (TPSA) is 368 Å². The molecule has 0 spiro atoms. The Bertz CT molecular complexity index is 6570. The molecular formula is C106H104BN3O21S5. The van der Waals surface area contributed by atoms with Crippen LogP contribution in [0.1, 0.15) is 123 Å². The zero-order chi connectivity index (χ0) is 97.8. The second-order valence-corrected chi connectivity index (χ2v) is 32.9. The van der Waals surface area contributed by atoms with Crippen LogP contribution in [0.15, 0.2) is 324 Å². The molecule has 30 heteroatoms. The summed E-state index contributed by atoms with van der Waals surface area (Å²) in [5.41, 5.74) is 17.1. The highest BCUT2D eigenvalue weighted by Gasteiger charge is 2.24. The van der Waals surface area contributed by atoms with Crippen molar-refractivity contribution in [3.05, 3.63) is 348 Å². The molecular weight excluding hydrogens is 1820 g/mol. The number of aliphatic imine (C=N–C) groups is 1. The van der Waals surface area contributed by atoms with Crippen LogP contribution < -0.4 is 16.1 Å². The first-order chi connectivity index (χ1) is 66.0. The van der Waals surface area contributed by atoms with Gasteiger partial charge in [0.15, 0.2) is 24.8 Å². The van der Waals surface area contributed by atoms with Gasteiger partial charge in [0.1, 0.15) is 63.9 Å². The number of alkyl carbamates (subject to hydrolysis) is 2. The molecule has 10 aromatic heterocycles. The van der Waals surface area contributed by atoms with Crippen molar-refractivity contribution in [3.8, 4) is 44.5 Å². The number of carboxylic acid groups (broad SMARTS) is 2. The zero-order valence-corrected chi connectivity index (χ0v) is 80.5. The molecule has 0 fully saturated rings. The monoisotopic (exact) mass is 1930 g/mol. The number of ketones is 2. The fourth-order valence-corrected chi connectivity index (χ4v) is 16.3. The number of rotatable bonds is 25. The highest BCUT2D eigenvalue weighted by Crippen LogP contribution is 2.34. The number of carbonyl (C=O) groups is 7. The molecule has 3 atom stereocenters. The lowest BCUT2D eigenvalue weighted by atomic mass is 9.83. The number of aliphatic hydroxyl groups excluding tert-OH is 1.